The molecule has 1 fully saturated rings. The summed E-state index contributed by atoms with van der Waals surface area (Å²) in [7, 11) is 4.59. The van der Waals surface area contributed by atoms with Gasteiger partial charge in [-0.3, -0.25) is 9.59 Å². The number of rotatable bonds is 6. The summed E-state index contributed by atoms with van der Waals surface area (Å²) in [5.74, 6) is 1.07. The molecule has 1 N–H and O–H groups in total. The first kappa shape index (κ1) is 21.0. The predicted molar refractivity (Wildman–Crippen MR) is 109 cm³/mol. The van der Waals surface area contributed by atoms with Gasteiger partial charge in [0.25, 0.3) is 0 Å². The molecule has 0 saturated carbocycles. The van der Waals surface area contributed by atoms with Gasteiger partial charge in [-0.2, -0.15) is 0 Å². The predicted octanol–water partition coefficient (Wildman–Crippen LogP) is 2.85. The Kier molecular flexibility index (Phi) is 5.78. The molecule has 1 aliphatic carbocycles. The van der Waals surface area contributed by atoms with Crippen molar-refractivity contribution >= 4 is 11.8 Å². The van der Waals surface area contributed by atoms with Gasteiger partial charge >= 0.3 is 0 Å². The van der Waals surface area contributed by atoms with Gasteiger partial charge in [0.05, 0.1) is 27.2 Å². The summed E-state index contributed by atoms with van der Waals surface area (Å²) >= 11 is 0. The molecule has 1 aromatic carbocycles. The maximum atomic E-state index is 13.3. The molecule has 0 bridgehead atoms. The second-order valence-electron chi connectivity index (χ2n) is 8.46. The number of nitrogens with one attached hydrogen (secondary N) is 1. The zero-order valence-electron chi connectivity index (χ0n) is 17.9. The van der Waals surface area contributed by atoms with Crippen LogP contribution in [0.5, 0.6) is 17.2 Å². The zero-order chi connectivity index (χ0) is 21.3. The zero-order valence-corrected chi connectivity index (χ0v) is 17.9. The summed E-state index contributed by atoms with van der Waals surface area (Å²) in [6.45, 7) is 5.75. The van der Waals surface area contributed by atoms with Crippen LogP contribution in [0.1, 0.15) is 45.2 Å². The van der Waals surface area contributed by atoms with Crippen LogP contribution in [0.4, 0.5) is 0 Å². The first-order chi connectivity index (χ1) is 13.7. The normalized spacial score (nSPS) is 21.7. The minimum atomic E-state index is -0.775. The van der Waals surface area contributed by atoms with E-state index < -0.39 is 11.6 Å². The number of hydrogen-bond donors (Lipinski definition) is 1. The fraction of sp³-hybridized carbons (Fsp3) is 0.545. The Morgan fingerprint density at radius 2 is 1.66 bits per heavy atom. The number of amides is 2. The van der Waals surface area contributed by atoms with Crippen LogP contribution >= 0.6 is 0 Å². The van der Waals surface area contributed by atoms with Crippen LogP contribution in [0.3, 0.4) is 0 Å². The van der Waals surface area contributed by atoms with Crippen LogP contribution < -0.4 is 19.5 Å². The summed E-state index contributed by atoms with van der Waals surface area (Å²) < 4.78 is 16.3. The third-order valence-electron chi connectivity index (χ3n) is 5.36. The minimum absolute atomic E-state index is 0.00200. The number of benzene rings is 1. The molecule has 1 heterocycles. The van der Waals surface area contributed by atoms with Crippen LogP contribution in [-0.2, 0) is 9.59 Å². The summed E-state index contributed by atoms with van der Waals surface area (Å²) in [6, 6.07) is 2.73. The number of ether oxygens (including phenoxy) is 3. The van der Waals surface area contributed by atoms with E-state index in [0.717, 1.165) is 12.8 Å². The molecule has 3 atom stereocenters. The molecule has 2 amide bonds. The average molecular weight is 402 g/mol. The SMILES string of the molecule is COc1cc(C(C(=O)NC(C)(C)C)N2C(=O)[C@@H]3CC=CC[C@@H]32)cc(OC)c1OC. The van der Waals surface area contributed by atoms with E-state index in [1.807, 2.05) is 26.8 Å². The molecular formula is C22H30N2O5. The fourth-order valence-electron chi connectivity index (χ4n) is 4.10. The van der Waals surface area contributed by atoms with Crippen molar-refractivity contribution in [1.29, 1.82) is 0 Å². The highest BCUT2D eigenvalue weighted by Crippen LogP contribution is 2.45. The van der Waals surface area contributed by atoms with Gasteiger partial charge in [-0.05, 0) is 51.3 Å². The van der Waals surface area contributed by atoms with Crippen molar-refractivity contribution in [2.75, 3.05) is 21.3 Å². The fourth-order valence-corrected chi connectivity index (χ4v) is 4.10. The number of likely N-dealkylation sites (tertiary alicyclic amines) is 1. The maximum Gasteiger partial charge on any atom is 0.247 e. The molecule has 2 aliphatic rings. The number of β-lactam (4-membered cyclic amide) rings is 1. The summed E-state index contributed by atoms with van der Waals surface area (Å²) in [5.41, 5.74) is 0.193. The topological polar surface area (TPSA) is 77.1 Å². The van der Waals surface area contributed by atoms with Crippen molar-refractivity contribution in [2.24, 2.45) is 5.92 Å². The molecule has 0 radical (unpaired) electrons. The highest BCUT2D eigenvalue weighted by molar-refractivity contribution is 5.94. The Labute approximate surface area is 172 Å². The molecule has 1 aromatic rings. The lowest BCUT2D eigenvalue weighted by atomic mass is 9.77. The number of methoxy groups -OCH3 is 3. The lowest BCUT2D eigenvalue weighted by molar-refractivity contribution is -0.165. The molecule has 3 rings (SSSR count). The largest absolute Gasteiger partial charge is 0.493 e. The first-order valence-electron chi connectivity index (χ1n) is 9.81. The van der Waals surface area contributed by atoms with Gasteiger partial charge in [0, 0.05) is 11.6 Å². The summed E-state index contributed by atoms with van der Waals surface area (Å²) in [4.78, 5) is 28.0. The van der Waals surface area contributed by atoms with Crippen LogP contribution in [0, 0.1) is 5.92 Å². The van der Waals surface area contributed by atoms with E-state index in [0.29, 0.717) is 22.8 Å². The smallest absolute Gasteiger partial charge is 0.247 e. The quantitative estimate of drug-likeness (QED) is 0.585. The first-order valence-corrected chi connectivity index (χ1v) is 9.81. The van der Waals surface area contributed by atoms with Crippen LogP contribution in [0.25, 0.3) is 0 Å². The summed E-state index contributed by atoms with van der Waals surface area (Å²) in [6.07, 6.45) is 5.59. The number of nitrogens with zero attached hydrogens (tertiary/aromatic N) is 1. The molecule has 1 aliphatic heterocycles. The number of fused-ring (bicyclic) bond motifs is 1. The van der Waals surface area contributed by atoms with Crippen molar-refractivity contribution in [1.82, 2.24) is 10.2 Å². The maximum absolute atomic E-state index is 13.3. The van der Waals surface area contributed by atoms with Crippen LogP contribution in [-0.4, -0.2) is 49.6 Å². The van der Waals surface area contributed by atoms with Crippen molar-refractivity contribution < 1.29 is 23.8 Å². The average Bonchev–Trinajstić information content (AvgIpc) is 2.68. The second kappa shape index (κ2) is 7.97. The third-order valence-corrected chi connectivity index (χ3v) is 5.36. The highest BCUT2D eigenvalue weighted by Gasteiger charge is 2.52. The summed E-state index contributed by atoms with van der Waals surface area (Å²) in [5, 5.41) is 3.02. The van der Waals surface area contributed by atoms with Gasteiger partial charge in [0.1, 0.15) is 6.04 Å². The molecular weight excluding hydrogens is 372 g/mol. The minimum Gasteiger partial charge on any atom is -0.493 e. The molecule has 7 nitrogen and oxygen atoms in total. The Bertz CT molecular complexity index is 802. The van der Waals surface area contributed by atoms with Crippen molar-refractivity contribution in [2.45, 2.75) is 51.2 Å². The van der Waals surface area contributed by atoms with Gasteiger partial charge < -0.3 is 24.4 Å². The Morgan fingerprint density at radius 3 is 2.17 bits per heavy atom. The lowest BCUT2D eigenvalue weighted by Crippen LogP contribution is -2.64. The lowest BCUT2D eigenvalue weighted by Gasteiger charge is -2.51. The Balaban J connectivity index is 2.07. The van der Waals surface area contributed by atoms with Gasteiger partial charge in [-0.15, -0.1) is 0 Å². The molecule has 0 spiro atoms. The van der Waals surface area contributed by atoms with Gasteiger partial charge in [0.2, 0.25) is 17.6 Å². The van der Waals surface area contributed by atoms with E-state index in [1.165, 1.54) is 21.3 Å². The molecule has 7 heteroatoms. The van der Waals surface area contributed by atoms with Gasteiger partial charge in [-0.25, -0.2) is 0 Å². The van der Waals surface area contributed by atoms with Crippen LogP contribution in [0.15, 0.2) is 24.3 Å². The van der Waals surface area contributed by atoms with E-state index in [1.54, 1.807) is 17.0 Å². The molecule has 158 valence electrons. The molecule has 0 aromatic heterocycles. The van der Waals surface area contributed by atoms with E-state index in [-0.39, 0.29) is 23.8 Å². The molecule has 1 unspecified atom stereocenters. The van der Waals surface area contributed by atoms with Gasteiger partial charge in [0.15, 0.2) is 11.5 Å². The van der Waals surface area contributed by atoms with E-state index in [4.69, 9.17) is 14.2 Å². The van der Waals surface area contributed by atoms with Crippen LogP contribution in [0.2, 0.25) is 0 Å². The molecule has 1 saturated heterocycles. The van der Waals surface area contributed by atoms with Crippen molar-refractivity contribution in [3.05, 3.63) is 29.8 Å². The van der Waals surface area contributed by atoms with Crippen molar-refractivity contribution in [3.63, 3.8) is 0 Å². The van der Waals surface area contributed by atoms with Crippen molar-refractivity contribution in [3.8, 4) is 17.2 Å². The monoisotopic (exact) mass is 402 g/mol. The number of carbonyl (C=O) groups is 2. The van der Waals surface area contributed by atoms with E-state index >= 15 is 0 Å². The number of allylic oxidation sites excluding steroid dienone is 1. The van der Waals surface area contributed by atoms with E-state index in [9.17, 15) is 9.59 Å². The second-order valence-corrected chi connectivity index (χ2v) is 8.46. The van der Waals surface area contributed by atoms with Gasteiger partial charge in [-0.1, -0.05) is 12.2 Å². The Morgan fingerprint density at radius 1 is 1.07 bits per heavy atom. The third kappa shape index (κ3) is 3.91. The Hall–Kier alpha value is -2.70. The number of hydrogen-bond acceptors (Lipinski definition) is 5. The highest BCUT2D eigenvalue weighted by atomic mass is 16.5. The standard InChI is InChI=1S/C22H30N2O5/c1-22(2,3)23-20(25)18(24-15-10-8-7-9-14(15)21(24)26)13-11-16(27-4)19(29-6)17(12-13)28-5/h7-8,11-12,14-15,18H,9-10H2,1-6H3,(H,23,25)/t14-,15+,18?/m1/s1. The number of carbonyl (C=O) groups excluding carboxylic acids is 2. The van der Waals surface area contributed by atoms with E-state index in [2.05, 4.69) is 11.4 Å². The molecule has 29 heavy (non-hydrogen) atoms.